The lowest BCUT2D eigenvalue weighted by Crippen LogP contribution is -1.96. The van der Waals surface area contributed by atoms with E-state index in [4.69, 9.17) is 8.83 Å². The molecule has 0 aliphatic rings. The monoisotopic (exact) mass is 240 g/mol. The van der Waals surface area contributed by atoms with Crippen molar-refractivity contribution in [3.63, 3.8) is 0 Å². The van der Waals surface area contributed by atoms with Crippen LogP contribution >= 0.6 is 0 Å². The molecule has 0 unspecified atom stereocenters. The lowest BCUT2D eigenvalue weighted by molar-refractivity contribution is 0.101. The summed E-state index contributed by atoms with van der Waals surface area (Å²) in [4.78, 5) is 12.2. The number of benzene rings is 1. The van der Waals surface area contributed by atoms with Crippen molar-refractivity contribution in [2.24, 2.45) is 0 Å². The van der Waals surface area contributed by atoms with E-state index < -0.39 is 0 Å². The van der Waals surface area contributed by atoms with Gasteiger partial charge in [0.15, 0.2) is 5.76 Å². The number of furan rings is 2. The van der Waals surface area contributed by atoms with Gasteiger partial charge < -0.3 is 8.83 Å². The number of fused-ring (bicyclic) bond motifs is 1. The van der Waals surface area contributed by atoms with Crippen molar-refractivity contribution < 1.29 is 13.6 Å². The summed E-state index contributed by atoms with van der Waals surface area (Å²) in [6.07, 6.45) is 1.46. The first kappa shape index (κ1) is 10.8. The first-order chi connectivity index (χ1) is 8.65. The molecule has 0 fully saturated rings. The molecule has 0 radical (unpaired) electrons. The molecule has 0 N–H and O–H groups in total. The molecule has 3 nitrogen and oxygen atoms in total. The van der Waals surface area contributed by atoms with Crippen LogP contribution in [0.4, 0.5) is 0 Å². The molecule has 0 amide bonds. The molecule has 18 heavy (non-hydrogen) atoms. The van der Waals surface area contributed by atoms with Gasteiger partial charge in [-0.3, -0.25) is 4.79 Å². The van der Waals surface area contributed by atoms with Crippen LogP contribution in [-0.2, 0) is 0 Å². The molecule has 0 saturated heterocycles. The Morgan fingerprint density at radius 2 is 2.00 bits per heavy atom. The average Bonchev–Trinajstić information content (AvgIpc) is 2.95. The van der Waals surface area contributed by atoms with Gasteiger partial charge in [-0.1, -0.05) is 18.2 Å². The third kappa shape index (κ3) is 1.64. The van der Waals surface area contributed by atoms with E-state index >= 15 is 0 Å². The van der Waals surface area contributed by atoms with E-state index in [-0.39, 0.29) is 5.78 Å². The predicted molar refractivity (Wildman–Crippen MR) is 67.8 cm³/mol. The topological polar surface area (TPSA) is 43.4 Å². The Morgan fingerprint density at radius 3 is 2.67 bits per heavy atom. The lowest BCUT2D eigenvalue weighted by Gasteiger charge is -1.92. The maximum absolute atomic E-state index is 12.2. The van der Waals surface area contributed by atoms with Crippen molar-refractivity contribution in [3.05, 3.63) is 59.2 Å². The molecule has 0 bridgehead atoms. The summed E-state index contributed by atoms with van der Waals surface area (Å²) in [7, 11) is 0. The van der Waals surface area contributed by atoms with Crippen LogP contribution in [0.1, 0.15) is 27.4 Å². The predicted octanol–water partition coefficient (Wildman–Crippen LogP) is 3.87. The standard InChI is InChI=1S/C15H12O3/c1-9-4-3-5-11-7-13(18-15(9)11)14(16)12-6-10(2)17-8-12/h3-8H,1-2H3. The smallest absolute Gasteiger partial charge is 0.231 e. The second-order valence-electron chi connectivity index (χ2n) is 4.38. The highest BCUT2D eigenvalue weighted by atomic mass is 16.3. The summed E-state index contributed by atoms with van der Waals surface area (Å²) in [5.41, 5.74) is 2.31. The zero-order valence-corrected chi connectivity index (χ0v) is 10.2. The quantitative estimate of drug-likeness (QED) is 0.638. The van der Waals surface area contributed by atoms with Crippen LogP contribution in [0.2, 0.25) is 0 Å². The van der Waals surface area contributed by atoms with Crippen LogP contribution in [0.25, 0.3) is 11.0 Å². The van der Waals surface area contributed by atoms with Crippen LogP contribution in [0.15, 0.2) is 45.4 Å². The molecule has 0 aliphatic carbocycles. The minimum atomic E-state index is -0.151. The summed E-state index contributed by atoms with van der Waals surface area (Å²) in [6.45, 7) is 3.77. The van der Waals surface area contributed by atoms with Gasteiger partial charge in [0.2, 0.25) is 5.78 Å². The fourth-order valence-electron chi connectivity index (χ4n) is 2.03. The second-order valence-corrected chi connectivity index (χ2v) is 4.38. The Bertz CT molecular complexity index is 731. The normalized spacial score (nSPS) is 11.0. The number of hydrogen-bond donors (Lipinski definition) is 0. The Kier molecular flexibility index (Phi) is 2.33. The van der Waals surface area contributed by atoms with Crippen molar-refractivity contribution in [3.8, 4) is 0 Å². The van der Waals surface area contributed by atoms with Gasteiger partial charge in [0.1, 0.15) is 17.6 Å². The van der Waals surface area contributed by atoms with E-state index in [1.54, 1.807) is 19.1 Å². The zero-order chi connectivity index (χ0) is 12.7. The number of carbonyl (C=O) groups is 1. The fourth-order valence-corrected chi connectivity index (χ4v) is 2.03. The van der Waals surface area contributed by atoms with Crippen LogP contribution in [0.5, 0.6) is 0 Å². The van der Waals surface area contributed by atoms with Crippen molar-refractivity contribution in [1.29, 1.82) is 0 Å². The Morgan fingerprint density at radius 1 is 1.17 bits per heavy atom. The van der Waals surface area contributed by atoms with Crippen molar-refractivity contribution in [2.75, 3.05) is 0 Å². The molecule has 2 aromatic heterocycles. The SMILES string of the molecule is Cc1cc(C(=O)c2cc3cccc(C)c3o2)co1. The summed E-state index contributed by atoms with van der Waals surface area (Å²) >= 11 is 0. The van der Waals surface area contributed by atoms with E-state index in [2.05, 4.69) is 0 Å². The van der Waals surface area contributed by atoms with E-state index in [1.807, 2.05) is 25.1 Å². The van der Waals surface area contributed by atoms with Crippen LogP contribution in [-0.4, -0.2) is 5.78 Å². The minimum absolute atomic E-state index is 0.151. The first-order valence-corrected chi connectivity index (χ1v) is 5.74. The van der Waals surface area contributed by atoms with E-state index in [9.17, 15) is 4.79 Å². The molecular formula is C15H12O3. The maximum Gasteiger partial charge on any atom is 0.231 e. The van der Waals surface area contributed by atoms with Crippen LogP contribution in [0, 0.1) is 13.8 Å². The van der Waals surface area contributed by atoms with E-state index in [0.29, 0.717) is 17.1 Å². The highest BCUT2D eigenvalue weighted by Gasteiger charge is 2.16. The highest BCUT2D eigenvalue weighted by molar-refractivity contribution is 6.09. The number of ketones is 1. The lowest BCUT2D eigenvalue weighted by atomic mass is 10.1. The Labute approximate surface area is 104 Å². The van der Waals surface area contributed by atoms with Crippen molar-refractivity contribution >= 4 is 16.8 Å². The number of para-hydroxylation sites is 1. The van der Waals surface area contributed by atoms with Gasteiger partial charge in [0, 0.05) is 5.39 Å². The van der Waals surface area contributed by atoms with Crippen molar-refractivity contribution in [1.82, 2.24) is 0 Å². The second kappa shape index (κ2) is 3.88. The number of carbonyl (C=O) groups excluding carboxylic acids is 1. The molecule has 2 heterocycles. The minimum Gasteiger partial charge on any atom is -0.469 e. The van der Waals surface area contributed by atoms with Gasteiger partial charge in [0.05, 0.1) is 5.56 Å². The molecule has 0 spiro atoms. The van der Waals surface area contributed by atoms with Gasteiger partial charge in [-0.2, -0.15) is 0 Å². The number of aryl methyl sites for hydroxylation is 2. The summed E-state index contributed by atoms with van der Waals surface area (Å²) in [6, 6.07) is 9.32. The molecule has 0 atom stereocenters. The largest absolute Gasteiger partial charge is 0.469 e. The van der Waals surface area contributed by atoms with Gasteiger partial charge >= 0.3 is 0 Å². The molecule has 3 aromatic rings. The van der Waals surface area contributed by atoms with Gasteiger partial charge in [0.25, 0.3) is 0 Å². The molecule has 90 valence electrons. The summed E-state index contributed by atoms with van der Waals surface area (Å²) in [5.74, 6) is 0.910. The third-order valence-corrected chi connectivity index (χ3v) is 2.96. The molecule has 0 saturated carbocycles. The third-order valence-electron chi connectivity index (χ3n) is 2.96. The Hall–Kier alpha value is -2.29. The van der Waals surface area contributed by atoms with Crippen molar-refractivity contribution in [2.45, 2.75) is 13.8 Å². The van der Waals surface area contributed by atoms with Crippen LogP contribution in [0.3, 0.4) is 0 Å². The summed E-state index contributed by atoms with van der Waals surface area (Å²) in [5, 5.41) is 0.943. The Balaban J connectivity index is 2.10. The van der Waals surface area contributed by atoms with Gasteiger partial charge in [-0.25, -0.2) is 0 Å². The fraction of sp³-hybridized carbons (Fsp3) is 0.133. The van der Waals surface area contributed by atoms with Gasteiger partial charge in [-0.15, -0.1) is 0 Å². The first-order valence-electron chi connectivity index (χ1n) is 5.74. The molecule has 0 aliphatic heterocycles. The molecule has 1 aromatic carbocycles. The van der Waals surface area contributed by atoms with E-state index in [0.717, 1.165) is 16.5 Å². The number of rotatable bonds is 2. The van der Waals surface area contributed by atoms with Gasteiger partial charge in [-0.05, 0) is 31.5 Å². The molecular weight excluding hydrogens is 228 g/mol. The molecule has 3 heteroatoms. The zero-order valence-electron chi connectivity index (χ0n) is 10.2. The average molecular weight is 240 g/mol. The maximum atomic E-state index is 12.2. The summed E-state index contributed by atoms with van der Waals surface area (Å²) < 4.78 is 10.8. The van der Waals surface area contributed by atoms with Crippen LogP contribution < -0.4 is 0 Å². The molecule has 3 rings (SSSR count). The number of hydrogen-bond acceptors (Lipinski definition) is 3. The van der Waals surface area contributed by atoms with E-state index in [1.165, 1.54) is 6.26 Å². The highest BCUT2D eigenvalue weighted by Crippen LogP contribution is 2.24.